The monoisotopic (exact) mass is 257 g/mol. The predicted octanol–water partition coefficient (Wildman–Crippen LogP) is 0.896. The van der Waals surface area contributed by atoms with Crippen LogP contribution in [0.4, 0.5) is 0 Å². The van der Waals surface area contributed by atoms with Crippen LogP contribution in [0.3, 0.4) is 0 Å². The molecule has 0 radical (unpaired) electrons. The number of nitrogens with one attached hydrogen (secondary N) is 1. The maximum Gasteiger partial charge on any atom is 0.153 e. The lowest BCUT2D eigenvalue weighted by Gasteiger charge is -2.22. The quantitative estimate of drug-likeness (QED) is 0.822. The molecule has 96 valence electrons. The second-order valence-electron chi connectivity index (χ2n) is 4.65. The van der Waals surface area contributed by atoms with E-state index in [1.54, 1.807) is 30.9 Å². The van der Waals surface area contributed by atoms with E-state index in [0.29, 0.717) is 13.1 Å². The second kappa shape index (κ2) is 5.01. The van der Waals surface area contributed by atoms with Gasteiger partial charge in [-0.1, -0.05) is 6.58 Å². The third-order valence-corrected chi connectivity index (χ3v) is 4.88. The van der Waals surface area contributed by atoms with E-state index < -0.39 is 14.6 Å². The summed E-state index contributed by atoms with van der Waals surface area (Å²) in [6.07, 6.45) is 6.42. The van der Waals surface area contributed by atoms with E-state index in [-0.39, 0.29) is 0 Å². The lowest BCUT2D eigenvalue weighted by atomic mass is 10.2. The molecule has 0 fully saturated rings. The molecule has 0 aliphatic heterocycles. The van der Waals surface area contributed by atoms with Crippen LogP contribution in [-0.4, -0.2) is 35.7 Å². The van der Waals surface area contributed by atoms with Crippen molar-refractivity contribution in [3.63, 3.8) is 0 Å². The van der Waals surface area contributed by atoms with Gasteiger partial charge in [-0.25, -0.2) is 13.1 Å². The summed E-state index contributed by atoms with van der Waals surface area (Å²) in [6, 6.07) is 0. The number of sulfone groups is 1. The first-order valence-electron chi connectivity index (χ1n) is 5.32. The van der Waals surface area contributed by atoms with Gasteiger partial charge in [-0.2, -0.15) is 5.10 Å². The van der Waals surface area contributed by atoms with Crippen LogP contribution in [0.1, 0.15) is 19.4 Å². The van der Waals surface area contributed by atoms with Crippen molar-refractivity contribution in [3.8, 4) is 0 Å². The van der Waals surface area contributed by atoms with E-state index in [0.717, 1.165) is 5.56 Å². The van der Waals surface area contributed by atoms with Gasteiger partial charge >= 0.3 is 0 Å². The minimum absolute atomic E-state index is 0.408. The van der Waals surface area contributed by atoms with Crippen molar-refractivity contribution in [2.45, 2.75) is 25.1 Å². The number of nitrogens with zero attached hydrogens (tertiary/aromatic N) is 2. The Morgan fingerprint density at radius 3 is 2.71 bits per heavy atom. The average Bonchev–Trinajstić information content (AvgIpc) is 2.63. The van der Waals surface area contributed by atoms with Crippen molar-refractivity contribution in [1.82, 2.24) is 15.1 Å². The summed E-state index contributed by atoms with van der Waals surface area (Å²) < 4.78 is 23.8. The zero-order chi connectivity index (χ0) is 13.1. The van der Waals surface area contributed by atoms with Gasteiger partial charge in [0.2, 0.25) is 0 Å². The summed E-state index contributed by atoms with van der Waals surface area (Å²) in [7, 11) is -3.06. The van der Waals surface area contributed by atoms with E-state index in [9.17, 15) is 8.42 Å². The highest BCUT2D eigenvalue weighted by molar-refractivity contribution is 7.92. The molecular formula is C11H19N3O2S. The summed E-state index contributed by atoms with van der Waals surface area (Å²) in [6.45, 7) is 8.02. The van der Waals surface area contributed by atoms with Crippen molar-refractivity contribution in [2.24, 2.45) is 0 Å². The van der Waals surface area contributed by atoms with Crippen molar-refractivity contribution in [2.75, 3.05) is 12.8 Å². The van der Waals surface area contributed by atoms with Gasteiger partial charge in [0.05, 0.1) is 10.9 Å². The molecule has 0 spiro atoms. The Balaban J connectivity index is 2.51. The Kier molecular flexibility index (Phi) is 4.11. The molecule has 0 aliphatic carbocycles. The van der Waals surface area contributed by atoms with Crippen molar-refractivity contribution >= 4 is 16.0 Å². The maximum absolute atomic E-state index is 11.5. The van der Waals surface area contributed by atoms with Crippen molar-refractivity contribution in [3.05, 3.63) is 24.5 Å². The molecule has 0 unspecified atom stereocenters. The lowest BCUT2D eigenvalue weighted by Crippen LogP contribution is -2.41. The minimum atomic E-state index is -3.06. The summed E-state index contributed by atoms with van der Waals surface area (Å²) in [5.41, 5.74) is 0.995. The fourth-order valence-corrected chi connectivity index (χ4v) is 1.57. The van der Waals surface area contributed by atoms with Crippen LogP contribution in [-0.2, 0) is 16.4 Å². The largest absolute Gasteiger partial charge is 0.311 e. The fourth-order valence-electron chi connectivity index (χ4n) is 1.21. The van der Waals surface area contributed by atoms with Crippen LogP contribution in [0.25, 0.3) is 6.20 Å². The van der Waals surface area contributed by atoms with Gasteiger partial charge in [-0.3, -0.25) is 0 Å². The number of hydrogen-bond donors (Lipinski definition) is 1. The normalized spacial score (nSPS) is 12.6. The molecule has 0 amide bonds. The zero-order valence-electron chi connectivity index (χ0n) is 10.5. The predicted molar refractivity (Wildman–Crippen MR) is 69.2 cm³/mol. The Morgan fingerprint density at radius 2 is 2.24 bits per heavy atom. The van der Waals surface area contributed by atoms with Gasteiger partial charge in [-0.05, 0) is 13.8 Å². The third kappa shape index (κ3) is 3.67. The van der Waals surface area contributed by atoms with Crippen LogP contribution in [0.2, 0.25) is 0 Å². The first-order valence-corrected chi connectivity index (χ1v) is 7.21. The SMILES string of the molecule is C=Cn1cc(CNCC(C)(C)S(C)(=O)=O)cn1. The standard InChI is InChI=1S/C11H19N3O2S/c1-5-14-8-10(7-13-14)6-12-9-11(2,3)17(4,15)16/h5,7-8,12H,1,6,9H2,2-4H3. The molecule has 0 atom stereocenters. The number of rotatable bonds is 6. The van der Waals surface area contributed by atoms with E-state index in [2.05, 4.69) is 17.0 Å². The molecule has 0 saturated carbocycles. The van der Waals surface area contributed by atoms with Crippen molar-refractivity contribution in [1.29, 1.82) is 0 Å². The van der Waals surface area contributed by atoms with Crippen molar-refractivity contribution < 1.29 is 8.42 Å². The van der Waals surface area contributed by atoms with Crippen LogP contribution in [0.15, 0.2) is 19.0 Å². The highest BCUT2D eigenvalue weighted by Crippen LogP contribution is 2.13. The van der Waals surface area contributed by atoms with E-state index in [1.807, 2.05) is 6.20 Å². The minimum Gasteiger partial charge on any atom is -0.311 e. The topological polar surface area (TPSA) is 64.0 Å². The summed E-state index contributed by atoms with van der Waals surface area (Å²) in [5.74, 6) is 0. The second-order valence-corrected chi connectivity index (χ2v) is 7.30. The molecule has 5 nitrogen and oxygen atoms in total. The molecule has 0 saturated heterocycles. The lowest BCUT2D eigenvalue weighted by molar-refractivity contribution is 0.521. The number of hydrogen-bond acceptors (Lipinski definition) is 4. The molecule has 0 aliphatic rings. The van der Waals surface area contributed by atoms with Crippen LogP contribution >= 0.6 is 0 Å². The molecule has 1 rings (SSSR count). The molecule has 1 aromatic rings. The van der Waals surface area contributed by atoms with E-state index >= 15 is 0 Å². The zero-order valence-corrected chi connectivity index (χ0v) is 11.3. The summed E-state index contributed by atoms with van der Waals surface area (Å²) in [5, 5.41) is 7.16. The Morgan fingerprint density at radius 1 is 1.59 bits per heavy atom. The highest BCUT2D eigenvalue weighted by atomic mass is 32.2. The van der Waals surface area contributed by atoms with Gasteiger partial charge < -0.3 is 5.32 Å². The van der Waals surface area contributed by atoms with Crippen LogP contribution < -0.4 is 5.32 Å². The molecule has 1 N–H and O–H groups in total. The summed E-state index contributed by atoms with van der Waals surface area (Å²) in [4.78, 5) is 0. The van der Waals surface area contributed by atoms with E-state index in [4.69, 9.17) is 0 Å². The molecule has 1 heterocycles. The molecule has 1 aromatic heterocycles. The third-order valence-electron chi connectivity index (χ3n) is 2.73. The first-order chi connectivity index (χ1) is 7.76. The van der Waals surface area contributed by atoms with Crippen LogP contribution in [0.5, 0.6) is 0 Å². The van der Waals surface area contributed by atoms with Gasteiger partial charge in [0.15, 0.2) is 9.84 Å². The maximum atomic E-state index is 11.5. The highest BCUT2D eigenvalue weighted by Gasteiger charge is 2.29. The van der Waals surface area contributed by atoms with Gasteiger partial charge in [0.25, 0.3) is 0 Å². The Hall–Kier alpha value is -1.14. The molecular weight excluding hydrogens is 238 g/mol. The molecule has 0 aromatic carbocycles. The fraction of sp³-hybridized carbons (Fsp3) is 0.545. The number of aromatic nitrogens is 2. The molecule has 0 bridgehead atoms. The van der Waals surface area contributed by atoms with Gasteiger partial charge in [-0.15, -0.1) is 0 Å². The van der Waals surface area contributed by atoms with Crippen LogP contribution in [0, 0.1) is 0 Å². The van der Waals surface area contributed by atoms with E-state index in [1.165, 1.54) is 6.26 Å². The smallest absolute Gasteiger partial charge is 0.153 e. The molecule has 17 heavy (non-hydrogen) atoms. The average molecular weight is 257 g/mol. The Labute approximate surface area is 102 Å². The van der Waals surface area contributed by atoms with Gasteiger partial charge in [0.1, 0.15) is 0 Å². The summed E-state index contributed by atoms with van der Waals surface area (Å²) >= 11 is 0. The molecule has 6 heteroatoms. The first kappa shape index (κ1) is 13.9. The van der Waals surface area contributed by atoms with Gasteiger partial charge in [0, 0.05) is 37.3 Å². The Bertz CT molecular complexity index is 489.